The van der Waals surface area contributed by atoms with Crippen molar-refractivity contribution >= 4 is 172 Å². The van der Waals surface area contributed by atoms with E-state index in [-0.39, 0.29) is 0 Å². The van der Waals surface area contributed by atoms with Crippen molar-refractivity contribution in [1.29, 1.82) is 0 Å². The first-order valence-corrected chi connectivity index (χ1v) is 45.9. The summed E-state index contributed by atoms with van der Waals surface area (Å²) in [5.74, 6) is 5.61. The number of para-hydroxylation sites is 5. The molecule has 0 saturated heterocycles. The molecule has 0 aliphatic carbocycles. The second-order valence-electron chi connectivity index (χ2n) is 33.0. The maximum Gasteiger partial charge on any atom is 0.238 e. The van der Waals surface area contributed by atoms with Crippen LogP contribution in [0.2, 0.25) is 0 Å². The fourth-order valence-electron chi connectivity index (χ4n) is 19.3. The number of nitrogens with zero attached hydrogens (tertiary/aromatic N) is 13. The molecule has 28 rings (SSSR count). The number of benzene rings is 18. The van der Waals surface area contributed by atoms with E-state index in [1.54, 1.807) is 0 Å². The maximum absolute atomic E-state index is 6.44. The predicted octanol–water partition coefficient (Wildman–Crippen LogP) is 30.3. The third-order valence-corrected chi connectivity index (χ3v) is 27.7. The molecular weight excluding hydrogens is 1670 g/mol. The summed E-state index contributed by atoms with van der Waals surface area (Å²) in [4.78, 5) is 45.1. The molecular formula is C117H71N13OS2. The molecule has 0 fully saturated rings. The summed E-state index contributed by atoms with van der Waals surface area (Å²) in [7, 11) is 0. The van der Waals surface area contributed by atoms with E-state index in [4.69, 9.17) is 49.3 Å². The van der Waals surface area contributed by atoms with Crippen molar-refractivity contribution < 1.29 is 4.42 Å². The van der Waals surface area contributed by atoms with Crippen molar-refractivity contribution in [2.24, 2.45) is 0 Å². The largest absolute Gasteiger partial charge is 0.455 e. The minimum Gasteiger partial charge on any atom is -0.455 e. The van der Waals surface area contributed by atoms with Crippen LogP contribution in [0, 0.1) is 0 Å². The quantitative estimate of drug-likeness (QED) is 0.122. The zero-order chi connectivity index (χ0) is 87.6. The van der Waals surface area contributed by atoms with Gasteiger partial charge in [0.2, 0.25) is 17.8 Å². The molecule has 10 aromatic heterocycles. The number of hydrogen-bond donors (Lipinski definition) is 0. The van der Waals surface area contributed by atoms with Crippen molar-refractivity contribution in [3.8, 4) is 103 Å². The third-order valence-electron chi connectivity index (χ3n) is 25.3. The molecule has 28 aromatic rings. The topological polar surface area (TPSA) is 149 Å². The van der Waals surface area contributed by atoms with E-state index in [1.165, 1.54) is 72.9 Å². The van der Waals surface area contributed by atoms with Crippen LogP contribution >= 0.6 is 22.7 Å². The molecule has 622 valence electrons. The molecule has 0 saturated carbocycles. The Balaban J connectivity index is 0.000000108. The molecule has 0 N–H and O–H groups in total. The van der Waals surface area contributed by atoms with E-state index in [0.717, 1.165) is 127 Å². The molecule has 0 spiro atoms. The van der Waals surface area contributed by atoms with Gasteiger partial charge in [0, 0.05) is 128 Å². The molecule has 0 bridgehead atoms. The van der Waals surface area contributed by atoms with Crippen molar-refractivity contribution in [1.82, 2.24) is 63.1 Å². The van der Waals surface area contributed by atoms with Crippen LogP contribution in [0.3, 0.4) is 0 Å². The lowest BCUT2D eigenvalue weighted by Gasteiger charge is -2.11. The van der Waals surface area contributed by atoms with E-state index in [2.05, 4.69) is 243 Å². The van der Waals surface area contributed by atoms with Crippen molar-refractivity contribution in [2.75, 3.05) is 0 Å². The molecule has 0 amide bonds. The molecule has 10 heterocycles. The molecule has 0 aliphatic heterocycles. The van der Waals surface area contributed by atoms with Gasteiger partial charge in [-0.05, 0) is 108 Å². The number of rotatable bonds is 11. The Kier molecular flexibility index (Phi) is 18.3. The van der Waals surface area contributed by atoms with Crippen LogP contribution in [-0.2, 0) is 0 Å². The lowest BCUT2D eigenvalue weighted by molar-refractivity contribution is 0.673. The van der Waals surface area contributed by atoms with Crippen LogP contribution in [0.4, 0.5) is 0 Å². The second kappa shape index (κ2) is 31.7. The smallest absolute Gasteiger partial charge is 0.238 e. The summed E-state index contributed by atoms with van der Waals surface area (Å²) >= 11 is 3.70. The van der Waals surface area contributed by atoms with Crippen LogP contribution in [-0.4, -0.2) is 63.1 Å². The van der Waals surface area contributed by atoms with E-state index < -0.39 is 0 Å². The first-order valence-electron chi connectivity index (χ1n) is 44.2. The van der Waals surface area contributed by atoms with E-state index in [0.29, 0.717) is 52.8 Å². The molecule has 16 heteroatoms. The van der Waals surface area contributed by atoms with Gasteiger partial charge in [-0.2, -0.15) is 29.9 Å². The van der Waals surface area contributed by atoms with Gasteiger partial charge < -0.3 is 8.98 Å². The summed E-state index contributed by atoms with van der Waals surface area (Å²) in [6.45, 7) is 0. The molecule has 0 radical (unpaired) electrons. The molecule has 0 aliphatic rings. The van der Waals surface area contributed by atoms with Gasteiger partial charge in [-0.1, -0.05) is 334 Å². The molecule has 0 unspecified atom stereocenters. The van der Waals surface area contributed by atoms with Gasteiger partial charge in [-0.15, -0.1) is 22.7 Å². The molecule has 14 nitrogen and oxygen atoms in total. The average Bonchev–Trinajstić information content (AvgIpc) is 1.57. The Morgan fingerprint density at radius 1 is 0.188 bits per heavy atom. The number of aromatic nitrogens is 13. The Labute approximate surface area is 767 Å². The van der Waals surface area contributed by atoms with E-state index >= 15 is 0 Å². The highest BCUT2D eigenvalue weighted by Crippen LogP contribution is 2.48. The summed E-state index contributed by atoms with van der Waals surface area (Å²) in [5, 5.41) is 16.7. The standard InChI is InChI=1S/C51H31N5S.C33H20N4O.C33H20N4S/c1-3-14-32(15-4-1)49-52-50(33-16-5-2-6-17-33)54-51(53-49)56-43-23-11-8-20-39(43)48-36(21-13-24-45(48)56)34-26-28-44-40(30-34)37-18-7-10-22-42(37)55(44)35-27-29-47-41(31-35)38-19-9-12-25-46(38)57-47;2*1-3-11-21(12-4-1)31-34-32(22-13-5-2-6-14-22)36-33(35-31)37-26-17-9-7-16-25(26)29-27(37)20-19-24-23-15-8-10-18-28(23)38-30(24)29/h1-31H;2*1-20H. The lowest BCUT2D eigenvalue weighted by Crippen LogP contribution is -2.06. The van der Waals surface area contributed by atoms with Gasteiger partial charge in [0.05, 0.1) is 49.5 Å². The van der Waals surface area contributed by atoms with E-state index in [1.807, 2.05) is 229 Å². The Morgan fingerprint density at radius 2 is 0.534 bits per heavy atom. The van der Waals surface area contributed by atoms with Gasteiger partial charge in [0.15, 0.2) is 34.9 Å². The number of fused-ring (bicyclic) bond motifs is 23. The number of furan rings is 1. The summed E-state index contributed by atoms with van der Waals surface area (Å²) in [6.07, 6.45) is 0. The minimum absolute atomic E-state index is 0.569. The molecule has 0 atom stereocenters. The predicted molar refractivity (Wildman–Crippen MR) is 548 cm³/mol. The van der Waals surface area contributed by atoms with Crippen LogP contribution < -0.4 is 0 Å². The highest BCUT2D eigenvalue weighted by molar-refractivity contribution is 7.27. The van der Waals surface area contributed by atoms with Gasteiger partial charge >= 0.3 is 0 Å². The summed E-state index contributed by atoms with van der Waals surface area (Å²) < 4.78 is 20.6. The molecule has 18 aromatic carbocycles. The maximum atomic E-state index is 6.44. The SMILES string of the molecule is c1ccc(-c2nc(-c3ccccc3)nc(-n3c4ccccc4c4c(-c5ccc6c(c5)c5ccccc5n6-c5ccc6sc7ccccc7c6c5)cccc43)n2)cc1.c1ccc(-c2nc(-c3ccccc3)nc(-n3c4ccccc4c4c5oc6ccccc6c5ccc43)n2)cc1.c1ccc(-c2nc(-c3ccccc3)nc(-n3c4ccccc4c4c5sc6ccccc6c5ccc43)n2)cc1. The van der Waals surface area contributed by atoms with Crippen LogP contribution in [0.5, 0.6) is 0 Å². The fraction of sp³-hybridized carbons (Fsp3) is 0. The Morgan fingerprint density at radius 3 is 1.02 bits per heavy atom. The summed E-state index contributed by atoms with van der Waals surface area (Å²) in [6, 6.07) is 150. The van der Waals surface area contributed by atoms with Gasteiger partial charge in [0.1, 0.15) is 11.2 Å². The lowest BCUT2D eigenvalue weighted by atomic mass is 9.98. The van der Waals surface area contributed by atoms with Gasteiger partial charge in [0.25, 0.3) is 0 Å². The average molecular weight is 1740 g/mol. The highest BCUT2D eigenvalue weighted by atomic mass is 32.1. The van der Waals surface area contributed by atoms with Crippen LogP contribution in [0.1, 0.15) is 0 Å². The number of thiophene rings is 2. The zero-order valence-electron chi connectivity index (χ0n) is 71.0. The van der Waals surface area contributed by atoms with E-state index in [9.17, 15) is 0 Å². The molecule has 133 heavy (non-hydrogen) atoms. The van der Waals surface area contributed by atoms with Crippen molar-refractivity contribution in [3.05, 3.63) is 431 Å². The highest BCUT2D eigenvalue weighted by Gasteiger charge is 2.27. The summed E-state index contributed by atoms with van der Waals surface area (Å²) in [5.41, 5.74) is 19.5. The fourth-order valence-corrected chi connectivity index (χ4v) is 21.7. The second-order valence-corrected chi connectivity index (χ2v) is 35.2. The number of hydrogen-bond acceptors (Lipinski definition) is 12. The Hall–Kier alpha value is -17.6. The monoisotopic (exact) mass is 1740 g/mol. The normalized spacial score (nSPS) is 11.8. The zero-order valence-corrected chi connectivity index (χ0v) is 72.7. The Bertz CT molecular complexity index is 8990. The van der Waals surface area contributed by atoms with Crippen molar-refractivity contribution in [2.45, 2.75) is 0 Å². The first kappa shape index (κ1) is 76.6. The van der Waals surface area contributed by atoms with Gasteiger partial charge in [-0.3, -0.25) is 13.7 Å². The van der Waals surface area contributed by atoms with Crippen LogP contribution in [0.15, 0.2) is 435 Å². The minimum atomic E-state index is 0.569. The first-order chi connectivity index (χ1) is 66.0. The van der Waals surface area contributed by atoms with Gasteiger partial charge in [-0.25, -0.2) is 15.0 Å². The van der Waals surface area contributed by atoms with Crippen LogP contribution in [0.25, 0.3) is 252 Å². The van der Waals surface area contributed by atoms with Crippen molar-refractivity contribution in [3.63, 3.8) is 0 Å². The third kappa shape index (κ3) is 13.0.